The predicted molar refractivity (Wildman–Crippen MR) is 68.4 cm³/mol. The number of hydrogen-bond donors (Lipinski definition) is 3. The molecule has 0 spiro atoms. The molecule has 94 valence electrons. The van der Waals surface area contributed by atoms with Crippen molar-refractivity contribution in [1.82, 2.24) is 9.78 Å². The molecular formula is C12H14N4O2. The third-order valence-electron chi connectivity index (χ3n) is 2.49. The fraction of sp³-hybridized carbons (Fsp3) is 0.167. The molecule has 0 aliphatic carbocycles. The van der Waals surface area contributed by atoms with Crippen molar-refractivity contribution in [2.75, 3.05) is 11.1 Å². The standard InChI is InChI=1S/C12H14N4O2/c1-2-16-11(10(13)7-14-16)12(18)15-8-4-3-5-9(17)6-8/h3-7,17H,2,13H2,1H3,(H,15,18). The molecule has 0 saturated carbocycles. The maximum Gasteiger partial charge on any atom is 0.276 e. The third kappa shape index (κ3) is 2.27. The molecule has 0 saturated heterocycles. The molecule has 1 aromatic carbocycles. The number of anilines is 2. The highest BCUT2D eigenvalue weighted by atomic mass is 16.3. The van der Waals surface area contributed by atoms with Crippen molar-refractivity contribution in [3.05, 3.63) is 36.2 Å². The molecule has 0 radical (unpaired) electrons. The number of nitrogen functional groups attached to an aromatic ring is 1. The Kier molecular flexibility index (Phi) is 3.18. The lowest BCUT2D eigenvalue weighted by Crippen LogP contribution is -2.18. The van der Waals surface area contributed by atoms with Crippen LogP contribution >= 0.6 is 0 Å². The first-order chi connectivity index (χ1) is 8.61. The summed E-state index contributed by atoms with van der Waals surface area (Å²) in [6, 6.07) is 6.31. The Balaban J connectivity index is 2.24. The van der Waals surface area contributed by atoms with Crippen molar-refractivity contribution in [3.63, 3.8) is 0 Å². The van der Waals surface area contributed by atoms with Crippen LogP contribution in [0.25, 0.3) is 0 Å². The van der Waals surface area contributed by atoms with Gasteiger partial charge in [-0.25, -0.2) is 0 Å². The Labute approximate surface area is 104 Å². The van der Waals surface area contributed by atoms with E-state index in [2.05, 4.69) is 10.4 Å². The molecule has 2 rings (SSSR count). The van der Waals surface area contributed by atoms with Gasteiger partial charge in [0.15, 0.2) is 0 Å². The van der Waals surface area contributed by atoms with E-state index in [9.17, 15) is 9.90 Å². The number of phenolic OH excluding ortho intramolecular Hbond substituents is 1. The maximum atomic E-state index is 12.1. The van der Waals surface area contributed by atoms with E-state index < -0.39 is 0 Å². The second kappa shape index (κ2) is 4.79. The number of carbonyl (C=O) groups is 1. The number of nitrogens with one attached hydrogen (secondary N) is 1. The minimum atomic E-state index is -0.350. The van der Waals surface area contributed by atoms with Gasteiger partial charge in [-0.15, -0.1) is 0 Å². The number of nitrogens with zero attached hydrogens (tertiary/aromatic N) is 2. The second-order valence-electron chi connectivity index (χ2n) is 3.77. The number of phenols is 1. The number of amides is 1. The lowest BCUT2D eigenvalue weighted by atomic mass is 10.2. The van der Waals surface area contributed by atoms with Gasteiger partial charge in [-0.1, -0.05) is 6.07 Å². The lowest BCUT2D eigenvalue weighted by molar-refractivity contribution is 0.101. The van der Waals surface area contributed by atoms with E-state index in [0.29, 0.717) is 23.6 Å². The van der Waals surface area contributed by atoms with Gasteiger partial charge >= 0.3 is 0 Å². The summed E-state index contributed by atoms with van der Waals surface area (Å²) in [7, 11) is 0. The molecule has 1 amide bonds. The SMILES string of the molecule is CCn1ncc(N)c1C(=O)Nc1cccc(O)c1. The van der Waals surface area contributed by atoms with Gasteiger partial charge in [0.1, 0.15) is 11.4 Å². The van der Waals surface area contributed by atoms with Crippen molar-refractivity contribution < 1.29 is 9.90 Å². The third-order valence-corrected chi connectivity index (χ3v) is 2.49. The van der Waals surface area contributed by atoms with Gasteiger partial charge in [0, 0.05) is 18.3 Å². The van der Waals surface area contributed by atoms with E-state index in [0.717, 1.165) is 0 Å². The van der Waals surface area contributed by atoms with Crippen LogP contribution in [-0.4, -0.2) is 20.8 Å². The Morgan fingerprint density at radius 3 is 3.00 bits per heavy atom. The number of aromatic nitrogens is 2. The average molecular weight is 246 g/mol. The molecule has 6 nitrogen and oxygen atoms in total. The number of benzene rings is 1. The number of nitrogens with two attached hydrogens (primary N) is 1. The van der Waals surface area contributed by atoms with Crippen LogP contribution in [0.4, 0.5) is 11.4 Å². The van der Waals surface area contributed by atoms with E-state index in [1.807, 2.05) is 6.92 Å². The highest BCUT2D eigenvalue weighted by Crippen LogP contribution is 2.18. The average Bonchev–Trinajstić information content (AvgIpc) is 2.70. The zero-order valence-electron chi connectivity index (χ0n) is 9.92. The van der Waals surface area contributed by atoms with Crippen LogP contribution in [-0.2, 0) is 6.54 Å². The van der Waals surface area contributed by atoms with Crippen molar-refractivity contribution in [3.8, 4) is 5.75 Å². The molecule has 0 fully saturated rings. The zero-order valence-corrected chi connectivity index (χ0v) is 9.92. The van der Waals surface area contributed by atoms with E-state index in [-0.39, 0.29) is 11.7 Å². The molecule has 0 aliphatic rings. The van der Waals surface area contributed by atoms with Crippen LogP contribution < -0.4 is 11.1 Å². The van der Waals surface area contributed by atoms with Crippen molar-refractivity contribution >= 4 is 17.3 Å². The monoisotopic (exact) mass is 246 g/mol. The molecular weight excluding hydrogens is 232 g/mol. The molecule has 0 unspecified atom stereocenters. The summed E-state index contributed by atoms with van der Waals surface area (Å²) >= 11 is 0. The topological polar surface area (TPSA) is 93.2 Å². The predicted octanol–water partition coefficient (Wildman–Crippen LogP) is 1.44. The van der Waals surface area contributed by atoms with Gasteiger partial charge in [0.2, 0.25) is 0 Å². The van der Waals surface area contributed by atoms with Crippen LogP contribution in [0.1, 0.15) is 17.4 Å². The Bertz CT molecular complexity index is 577. The van der Waals surface area contributed by atoms with Gasteiger partial charge in [-0.2, -0.15) is 5.10 Å². The number of rotatable bonds is 3. The molecule has 1 aromatic heterocycles. The van der Waals surface area contributed by atoms with E-state index in [4.69, 9.17) is 5.73 Å². The van der Waals surface area contributed by atoms with Crippen LogP contribution in [0, 0.1) is 0 Å². The quantitative estimate of drug-likeness (QED) is 0.764. The van der Waals surface area contributed by atoms with Crippen LogP contribution in [0.3, 0.4) is 0 Å². The molecule has 1 heterocycles. The van der Waals surface area contributed by atoms with Gasteiger partial charge < -0.3 is 16.2 Å². The van der Waals surface area contributed by atoms with Crippen molar-refractivity contribution in [1.29, 1.82) is 0 Å². The van der Waals surface area contributed by atoms with Crippen LogP contribution in [0.15, 0.2) is 30.5 Å². The largest absolute Gasteiger partial charge is 0.508 e. The first kappa shape index (κ1) is 12.0. The molecule has 4 N–H and O–H groups in total. The number of hydrogen-bond acceptors (Lipinski definition) is 4. The summed E-state index contributed by atoms with van der Waals surface area (Å²) in [5.41, 5.74) is 6.86. The summed E-state index contributed by atoms with van der Waals surface area (Å²) < 4.78 is 1.52. The number of aryl methyl sites for hydroxylation is 1. The number of aromatic hydroxyl groups is 1. The van der Waals surface area contributed by atoms with E-state index >= 15 is 0 Å². The van der Waals surface area contributed by atoms with Gasteiger partial charge in [0.05, 0.1) is 11.9 Å². The minimum absolute atomic E-state index is 0.0878. The van der Waals surface area contributed by atoms with E-state index in [1.165, 1.54) is 23.0 Å². The first-order valence-electron chi connectivity index (χ1n) is 5.53. The van der Waals surface area contributed by atoms with Crippen LogP contribution in [0.5, 0.6) is 5.75 Å². The summed E-state index contributed by atoms with van der Waals surface area (Å²) in [6.45, 7) is 2.43. The molecule has 6 heteroatoms. The highest BCUT2D eigenvalue weighted by Gasteiger charge is 2.16. The Morgan fingerprint density at radius 1 is 1.56 bits per heavy atom. The fourth-order valence-corrected chi connectivity index (χ4v) is 1.66. The van der Waals surface area contributed by atoms with E-state index in [1.54, 1.807) is 12.1 Å². The molecule has 18 heavy (non-hydrogen) atoms. The summed E-state index contributed by atoms with van der Waals surface area (Å²) in [5, 5.41) is 16.0. The van der Waals surface area contributed by atoms with Crippen molar-refractivity contribution in [2.24, 2.45) is 0 Å². The molecule has 0 aliphatic heterocycles. The van der Waals surface area contributed by atoms with Gasteiger partial charge in [0.25, 0.3) is 5.91 Å². The van der Waals surface area contributed by atoms with Crippen molar-refractivity contribution in [2.45, 2.75) is 13.5 Å². The van der Waals surface area contributed by atoms with Gasteiger partial charge in [-0.05, 0) is 19.1 Å². The number of carbonyl (C=O) groups excluding carboxylic acids is 1. The zero-order chi connectivity index (χ0) is 13.1. The normalized spacial score (nSPS) is 10.3. The molecule has 0 bridgehead atoms. The highest BCUT2D eigenvalue weighted by molar-refractivity contribution is 6.06. The maximum absolute atomic E-state index is 12.1. The molecule has 2 aromatic rings. The summed E-state index contributed by atoms with van der Waals surface area (Å²) in [5.74, 6) is -0.262. The Hall–Kier alpha value is -2.50. The Morgan fingerprint density at radius 2 is 2.33 bits per heavy atom. The fourth-order valence-electron chi connectivity index (χ4n) is 1.66. The minimum Gasteiger partial charge on any atom is -0.508 e. The summed E-state index contributed by atoms with van der Waals surface area (Å²) in [6.07, 6.45) is 1.45. The first-order valence-corrected chi connectivity index (χ1v) is 5.53. The molecule has 0 atom stereocenters. The van der Waals surface area contributed by atoms with Crippen LogP contribution in [0.2, 0.25) is 0 Å². The van der Waals surface area contributed by atoms with Gasteiger partial charge in [-0.3, -0.25) is 9.48 Å². The lowest BCUT2D eigenvalue weighted by Gasteiger charge is -2.07. The summed E-state index contributed by atoms with van der Waals surface area (Å²) in [4.78, 5) is 12.1. The second-order valence-corrected chi connectivity index (χ2v) is 3.77. The smallest absolute Gasteiger partial charge is 0.276 e.